The zero-order chi connectivity index (χ0) is 19.2. The van der Waals surface area contributed by atoms with Crippen LogP contribution in [-0.4, -0.2) is 26.4 Å². The SMILES string of the molecule is CCn1c(SCC(=O)NCc2ccco2)nnc1-c1ccc(C(C)C)cc1. The number of aromatic nitrogens is 3. The monoisotopic (exact) mass is 384 g/mol. The summed E-state index contributed by atoms with van der Waals surface area (Å²) >= 11 is 1.39. The molecular weight excluding hydrogens is 360 g/mol. The van der Waals surface area contributed by atoms with Gasteiger partial charge in [-0.25, -0.2) is 0 Å². The third-order valence-electron chi connectivity index (χ3n) is 4.24. The van der Waals surface area contributed by atoms with E-state index < -0.39 is 0 Å². The molecule has 0 saturated heterocycles. The summed E-state index contributed by atoms with van der Waals surface area (Å²) < 4.78 is 7.25. The zero-order valence-corrected chi connectivity index (χ0v) is 16.6. The predicted molar refractivity (Wildman–Crippen MR) is 106 cm³/mol. The van der Waals surface area contributed by atoms with Gasteiger partial charge >= 0.3 is 0 Å². The molecule has 0 spiro atoms. The molecule has 27 heavy (non-hydrogen) atoms. The van der Waals surface area contributed by atoms with Gasteiger partial charge in [-0.2, -0.15) is 0 Å². The molecule has 0 aliphatic carbocycles. The summed E-state index contributed by atoms with van der Waals surface area (Å²) in [5.74, 6) is 2.27. The highest BCUT2D eigenvalue weighted by Gasteiger charge is 2.15. The van der Waals surface area contributed by atoms with E-state index in [4.69, 9.17) is 4.42 Å². The van der Waals surface area contributed by atoms with Crippen molar-refractivity contribution in [3.8, 4) is 11.4 Å². The fraction of sp³-hybridized carbons (Fsp3) is 0.350. The molecule has 1 amide bonds. The van der Waals surface area contributed by atoms with Gasteiger partial charge in [0.25, 0.3) is 0 Å². The van der Waals surface area contributed by atoms with Crippen molar-refractivity contribution in [3.05, 3.63) is 54.0 Å². The van der Waals surface area contributed by atoms with Gasteiger partial charge in [0.05, 0.1) is 18.6 Å². The third kappa shape index (κ3) is 4.80. The van der Waals surface area contributed by atoms with Crippen molar-refractivity contribution >= 4 is 17.7 Å². The second kappa shape index (κ2) is 8.90. The Kier molecular flexibility index (Phi) is 6.34. The van der Waals surface area contributed by atoms with Crippen LogP contribution >= 0.6 is 11.8 Å². The molecular formula is C20H24N4O2S. The van der Waals surface area contributed by atoms with Crippen LogP contribution in [0.2, 0.25) is 0 Å². The van der Waals surface area contributed by atoms with Crippen LogP contribution in [0.15, 0.2) is 52.2 Å². The molecule has 1 N–H and O–H groups in total. The molecule has 2 aromatic heterocycles. The predicted octanol–water partition coefficient (Wildman–Crippen LogP) is 4.09. The summed E-state index contributed by atoms with van der Waals surface area (Å²) in [7, 11) is 0. The van der Waals surface area contributed by atoms with E-state index in [1.54, 1.807) is 12.3 Å². The number of furan rings is 1. The summed E-state index contributed by atoms with van der Waals surface area (Å²) in [6.07, 6.45) is 1.59. The van der Waals surface area contributed by atoms with E-state index in [0.29, 0.717) is 12.5 Å². The smallest absolute Gasteiger partial charge is 0.230 e. The molecule has 0 fully saturated rings. The average Bonchev–Trinajstić information content (AvgIpc) is 3.34. The van der Waals surface area contributed by atoms with Crippen LogP contribution in [0.25, 0.3) is 11.4 Å². The lowest BCUT2D eigenvalue weighted by molar-refractivity contribution is -0.118. The number of carbonyl (C=O) groups is 1. The van der Waals surface area contributed by atoms with Crippen LogP contribution in [-0.2, 0) is 17.9 Å². The van der Waals surface area contributed by atoms with Crippen molar-refractivity contribution in [2.24, 2.45) is 0 Å². The summed E-state index contributed by atoms with van der Waals surface area (Å²) in [4.78, 5) is 12.1. The van der Waals surface area contributed by atoms with E-state index in [2.05, 4.69) is 60.6 Å². The number of rotatable bonds is 8. The number of benzene rings is 1. The summed E-state index contributed by atoms with van der Waals surface area (Å²) in [6.45, 7) is 7.53. The van der Waals surface area contributed by atoms with Gasteiger partial charge in [0.1, 0.15) is 5.76 Å². The minimum absolute atomic E-state index is 0.0649. The van der Waals surface area contributed by atoms with Gasteiger partial charge in [0.15, 0.2) is 11.0 Å². The van der Waals surface area contributed by atoms with E-state index in [9.17, 15) is 4.79 Å². The van der Waals surface area contributed by atoms with Crippen LogP contribution in [0.5, 0.6) is 0 Å². The van der Waals surface area contributed by atoms with Gasteiger partial charge in [0.2, 0.25) is 5.91 Å². The van der Waals surface area contributed by atoms with E-state index in [-0.39, 0.29) is 11.7 Å². The van der Waals surface area contributed by atoms with Gasteiger partial charge < -0.3 is 14.3 Å². The summed E-state index contributed by atoms with van der Waals surface area (Å²) in [5.41, 5.74) is 2.33. The van der Waals surface area contributed by atoms with Gasteiger partial charge in [-0.15, -0.1) is 10.2 Å². The van der Waals surface area contributed by atoms with Crippen LogP contribution < -0.4 is 5.32 Å². The molecule has 6 nitrogen and oxygen atoms in total. The Morgan fingerprint density at radius 3 is 2.63 bits per heavy atom. The average molecular weight is 385 g/mol. The first kappa shape index (κ1) is 19.2. The minimum atomic E-state index is -0.0649. The molecule has 0 unspecified atom stereocenters. The Balaban J connectivity index is 1.64. The van der Waals surface area contributed by atoms with Crippen molar-refractivity contribution in [3.63, 3.8) is 0 Å². The third-order valence-corrected chi connectivity index (χ3v) is 5.21. The normalized spacial score (nSPS) is 11.1. The van der Waals surface area contributed by atoms with Crippen molar-refractivity contribution in [2.45, 2.75) is 44.9 Å². The second-order valence-corrected chi connectivity index (χ2v) is 7.41. The number of hydrogen-bond donors (Lipinski definition) is 1. The molecule has 3 aromatic rings. The van der Waals surface area contributed by atoms with E-state index >= 15 is 0 Å². The van der Waals surface area contributed by atoms with Gasteiger partial charge in [-0.3, -0.25) is 4.79 Å². The largest absolute Gasteiger partial charge is 0.467 e. The number of thioether (sulfide) groups is 1. The zero-order valence-electron chi connectivity index (χ0n) is 15.8. The standard InChI is InChI=1S/C20H24N4O2S/c1-4-24-19(16-9-7-15(8-10-16)14(2)3)22-23-20(24)27-13-18(25)21-12-17-6-5-11-26-17/h5-11,14H,4,12-13H2,1-3H3,(H,21,25). The maximum Gasteiger partial charge on any atom is 0.230 e. The maximum absolute atomic E-state index is 12.1. The highest BCUT2D eigenvalue weighted by molar-refractivity contribution is 7.99. The van der Waals surface area contributed by atoms with E-state index in [1.165, 1.54) is 17.3 Å². The highest BCUT2D eigenvalue weighted by atomic mass is 32.2. The summed E-state index contributed by atoms with van der Waals surface area (Å²) in [6, 6.07) is 12.0. The van der Waals surface area contributed by atoms with Crippen LogP contribution in [0, 0.1) is 0 Å². The number of amides is 1. The Labute approximate surface area is 163 Å². The lowest BCUT2D eigenvalue weighted by Gasteiger charge is -2.09. The molecule has 2 heterocycles. The second-order valence-electron chi connectivity index (χ2n) is 6.47. The van der Waals surface area contributed by atoms with Crippen molar-refractivity contribution in [2.75, 3.05) is 5.75 Å². The van der Waals surface area contributed by atoms with Crippen LogP contribution in [0.4, 0.5) is 0 Å². The molecule has 3 rings (SSSR count). The summed E-state index contributed by atoms with van der Waals surface area (Å²) in [5, 5.41) is 12.2. The minimum Gasteiger partial charge on any atom is -0.467 e. The Hall–Kier alpha value is -2.54. The Morgan fingerprint density at radius 2 is 2.00 bits per heavy atom. The van der Waals surface area contributed by atoms with Crippen LogP contribution in [0.3, 0.4) is 0 Å². The van der Waals surface area contributed by atoms with Gasteiger partial charge in [-0.05, 0) is 30.5 Å². The quantitative estimate of drug-likeness (QED) is 0.592. The Bertz CT molecular complexity index is 870. The number of carbonyl (C=O) groups excluding carboxylic acids is 1. The lowest BCUT2D eigenvalue weighted by atomic mass is 10.0. The fourth-order valence-electron chi connectivity index (χ4n) is 2.69. The molecule has 142 valence electrons. The molecule has 0 radical (unpaired) electrons. The number of hydrogen-bond acceptors (Lipinski definition) is 5. The first-order valence-electron chi connectivity index (χ1n) is 9.04. The van der Waals surface area contributed by atoms with Gasteiger partial charge in [0, 0.05) is 12.1 Å². The molecule has 0 aliphatic rings. The molecule has 7 heteroatoms. The first-order valence-corrected chi connectivity index (χ1v) is 10.0. The van der Waals surface area contributed by atoms with Crippen LogP contribution in [0.1, 0.15) is 38.0 Å². The van der Waals surface area contributed by atoms with Crippen molar-refractivity contribution < 1.29 is 9.21 Å². The topological polar surface area (TPSA) is 73.0 Å². The molecule has 1 aromatic carbocycles. The van der Waals surface area contributed by atoms with E-state index in [0.717, 1.165) is 28.8 Å². The molecule has 0 bridgehead atoms. The van der Waals surface area contributed by atoms with Crippen molar-refractivity contribution in [1.29, 1.82) is 0 Å². The molecule has 0 aliphatic heterocycles. The number of nitrogens with zero attached hydrogens (tertiary/aromatic N) is 3. The van der Waals surface area contributed by atoms with Gasteiger partial charge in [-0.1, -0.05) is 49.9 Å². The first-order chi connectivity index (χ1) is 13.1. The Morgan fingerprint density at radius 1 is 1.22 bits per heavy atom. The van der Waals surface area contributed by atoms with Crippen molar-refractivity contribution in [1.82, 2.24) is 20.1 Å². The number of nitrogens with one attached hydrogen (secondary N) is 1. The lowest BCUT2D eigenvalue weighted by Crippen LogP contribution is -2.24. The van der Waals surface area contributed by atoms with E-state index in [1.807, 2.05) is 10.6 Å². The highest BCUT2D eigenvalue weighted by Crippen LogP contribution is 2.25. The maximum atomic E-state index is 12.1. The molecule has 0 atom stereocenters. The fourth-order valence-corrected chi connectivity index (χ4v) is 3.52. The molecule has 0 saturated carbocycles.